The molecule has 1 aromatic heterocycles. The van der Waals surface area contributed by atoms with Crippen molar-refractivity contribution in [2.45, 2.75) is 37.0 Å². The monoisotopic (exact) mass is 279 g/mol. The molecule has 0 radical (unpaired) electrons. The van der Waals surface area contributed by atoms with Gasteiger partial charge < -0.3 is 0 Å². The van der Waals surface area contributed by atoms with Gasteiger partial charge >= 0.3 is 0 Å². The fourth-order valence-corrected chi connectivity index (χ4v) is 3.61. The number of sulfonamides is 1. The Bertz CT molecular complexity index is 572. The highest BCUT2D eigenvalue weighted by Crippen LogP contribution is 2.23. The quantitative estimate of drug-likeness (QED) is 0.911. The summed E-state index contributed by atoms with van der Waals surface area (Å²) < 4.78 is 26.9. The van der Waals surface area contributed by atoms with Crippen molar-refractivity contribution in [2.75, 3.05) is 6.54 Å². The van der Waals surface area contributed by atoms with E-state index in [2.05, 4.69) is 9.71 Å². The van der Waals surface area contributed by atoms with Crippen molar-refractivity contribution in [3.05, 3.63) is 24.0 Å². The van der Waals surface area contributed by atoms with Crippen LogP contribution in [0.25, 0.3) is 0 Å². The van der Waals surface area contributed by atoms with Gasteiger partial charge in [0.1, 0.15) is 11.0 Å². The van der Waals surface area contributed by atoms with Gasteiger partial charge in [0.15, 0.2) is 5.69 Å². The average Bonchev–Trinajstić information content (AvgIpc) is 2.46. The summed E-state index contributed by atoms with van der Waals surface area (Å²) in [5.41, 5.74) is -0.0568. The molecule has 0 bridgehead atoms. The zero-order chi connectivity index (χ0) is 13.7. The highest BCUT2D eigenvalue weighted by molar-refractivity contribution is 7.89. The van der Waals surface area contributed by atoms with E-state index in [1.54, 1.807) is 0 Å². The molecule has 1 N–H and O–H groups in total. The fourth-order valence-electron chi connectivity index (χ4n) is 2.39. The molecule has 102 valence electrons. The number of nitrogens with zero attached hydrogens (tertiary/aromatic N) is 2. The number of nitrogens with one attached hydrogen (secondary N) is 1. The number of nitriles is 1. The zero-order valence-corrected chi connectivity index (χ0v) is 11.5. The molecular formula is C13H17N3O2S. The van der Waals surface area contributed by atoms with Gasteiger partial charge in [0.25, 0.3) is 0 Å². The van der Waals surface area contributed by atoms with Crippen LogP contribution in [0, 0.1) is 17.2 Å². The van der Waals surface area contributed by atoms with Crippen LogP contribution < -0.4 is 4.72 Å². The van der Waals surface area contributed by atoms with Crippen LogP contribution in [-0.4, -0.2) is 19.9 Å². The van der Waals surface area contributed by atoms with Crippen molar-refractivity contribution in [1.82, 2.24) is 9.71 Å². The van der Waals surface area contributed by atoms with Gasteiger partial charge in [-0.25, -0.2) is 18.1 Å². The lowest BCUT2D eigenvalue weighted by atomic mass is 9.90. The molecule has 1 aliphatic carbocycles. The molecule has 2 rings (SSSR count). The lowest BCUT2D eigenvalue weighted by Gasteiger charge is -2.21. The van der Waals surface area contributed by atoms with Crippen molar-refractivity contribution in [2.24, 2.45) is 5.92 Å². The first-order valence-electron chi connectivity index (χ1n) is 6.48. The maximum Gasteiger partial charge on any atom is 0.243 e. The first-order chi connectivity index (χ1) is 9.13. The molecule has 0 saturated heterocycles. The van der Waals surface area contributed by atoms with Crippen molar-refractivity contribution >= 4 is 10.0 Å². The van der Waals surface area contributed by atoms with Gasteiger partial charge in [0.05, 0.1) is 0 Å². The summed E-state index contributed by atoms with van der Waals surface area (Å²) in [6.07, 6.45) is 7.13. The molecule has 1 heterocycles. The van der Waals surface area contributed by atoms with E-state index in [0.717, 1.165) is 12.8 Å². The van der Waals surface area contributed by atoms with Gasteiger partial charge in [-0.05, 0) is 30.9 Å². The lowest BCUT2D eigenvalue weighted by Crippen LogP contribution is -2.31. The van der Waals surface area contributed by atoms with E-state index in [4.69, 9.17) is 5.26 Å². The van der Waals surface area contributed by atoms with Crippen LogP contribution in [0.2, 0.25) is 0 Å². The predicted octanol–water partition coefficient (Wildman–Crippen LogP) is 1.81. The largest absolute Gasteiger partial charge is 0.244 e. The number of aromatic nitrogens is 1. The average molecular weight is 279 g/mol. The normalized spacial score (nSPS) is 17.0. The molecule has 0 aliphatic heterocycles. The Kier molecular flexibility index (Phi) is 4.51. The second kappa shape index (κ2) is 6.13. The Morgan fingerprint density at radius 3 is 2.79 bits per heavy atom. The Hall–Kier alpha value is -1.45. The van der Waals surface area contributed by atoms with Crippen molar-refractivity contribution in [3.8, 4) is 6.07 Å². The summed E-state index contributed by atoms with van der Waals surface area (Å²) in [6, 6.07) is 4.74. The van der Waals surface area contributed by atoms with Crippen molar-refractivity contribution in [3.63, 3.8) is 0 Å². The SMILES string of the molecule is N#Cc1ncccc1S(=O)(=O)NCC1CCCCC1. The molecule has 19 heavy (non-hydrogen) atoms. The summed E-state index contributed by atoms with van der Waals surface area (Å²) in [7, 11) is -3.64. The maximum atomic E-state index is 12.2. The summed E-state index contributed by atoms with van der Waals surface area (Å²) >= 11 is 0. The lowest BCUT2D eigenvalue weighted by molar-refractivity contribution is 0.357. The van der Waals surface area contributed by atoms with E-state index in [1.165, 1.54) is 37.6 Å². The topological polar surface area (TPSA) is 82.8 Å². The highest BCUT2D eigenvalue weighted by Gasteiger charge is 2.21. The summed E-state index contributed by atoms with van der Waals surface area (Å²) in [5.74, 6) is 0.408. The van der Waals surface area contributed by atoms with E-state index in [1.807, 2.05) is 6.07 Å². The molecule has 0 spiro atoms. The summed E-state index contributed by atoms with van der Waals surface area (Å²) in [6.45, 7) is 0.447. The third kappa shape index (κ3) is 3.52. The molecule has 0 atom stereocenters. The Balaban J connectivity index is 2.07. The minimum atomic E-state index is -3.64. The van der Waals surface area contributed by atoms with Gasteiger partial charge in [-0.2, -0.15) is 5.26 Å². The van der Waals surface area contributed by atoms with Crippen molar-refractivity contribution in [1.29, 1.82) is 5.26 Å². The van der Waals surface area contributed by atoms with E-state index >= 15 is 0 Å². The van der Waals surface area contributed by atoms with Crippen LogP contribution in [0.15, 0.2) is 23.2 Å². The second-order valence-corrected chi connectivity index (χ2v) is 6.55. The standard InChI is InChI=1S/C13H17N3O2S/c14-9-12-13(7-4-8-15-12)19(17,18)16-10-11-5-2-1-3-6-11/h4,7-8,11,16H,1-3,5-6,10H2. The third-order valence-corrected chi connectivity index (χ3v) is 4.91. The van der Waals surface area contributed by atoms with Gasteiger partial charge in [0.2, 0.25) is 10.0 Å². The fraction of sp³-hybridized carbons (Fsp3) is 0.538. The molecule has 1 aliphatic rings. The van der Waals surface area contributed by atoms with Crippen LogP contribution in [0.1, 0.15) is 37.8 Å². The van der Waals surface area contributed by atoms with E-state index in [-0.39, 0.29) is 10.6 Å². The molecule has 5 nitrogen and oxygen atoms in total. The first kappa shape index (κ1) is 14.0. The molecule has 0 amide bonds. The molecule has 1 aromatic rings. The van der Waals surface area contributed by atoms with Gasteiger partial charge in [0, 0.05) is 12.7 Å². The summed E-state index contributed by atoms with van der Waals surface area (Å²) in [4.78, 5) is 3.74. The molecule has 1 fully saturated rings. The maximum absolute atomic E-state index is 12.2. The number of hydrogen-bond donors (Lipinski definition) is 1. The first-order valence-corrected chi connectivity index (χ1v) is 7.96. The van der Waals surface area contributed by atoms with Gasteiger partial charge in [-0.15, -0.1) is 0 Å². The van der Waals surface area contributed by atoms with Gasteiger partial charge in [-0.1, -0.05) is 19.3 Å². The Morgan fingerprint density at radius 1 is 1.37 bits per heavy atom. The Labute approximate surface area is 113 Å². The van der Waals surface area contributed by atoms with Crippen LogP contribution in [0.5, 0.6) is 0 Å². The molecule has 0 unspecified atom stereocenters. The van der Waals surface area contributed by atoms with Crippen LogP contribution in [0.4, 0.5) is 0 Å². The van der Waals surface area contributed by atoms with Crippen molar-refractivity contribution < 1.29 is 8.42 Å². The molecule has 6 heteroatoms. The smallest absolute Gasteiger partial charge is 0.243 e. The Morgan fingerprint density at radius 2 is 2.11 bits per heavy atom. The predicted molar refractivity (Wildman–Crippen MR) is 70.7 cm³/mol. The van der Waals surface area contributed by atoms with E-state index in [0.29, 0.717) is 12.5 Å². The minimum Gasteiger partial charge on any atom is -0.244 e. The summed E-state index contributed by atoms with van der Waals surface area (Å²) in [5, 5.41) is 8.89. The second-order valence-electron chi connectivity index (χ2n) is 4.82. The number of rotatable bonds is 4. The number of pyridine rings is 1. The molecular weight excluding hydrogens is 262 g/mol. The van der Waals surface area contributed by atoms with Crippen LogP contribution in [-0.2, 0) is 10.0 Å². The molecule has 0 aromatic carbocycles. The van der Waals surface area contributed by atoms with Crippen LogP contribution >= 0.6 is 0 Å². The number of hydrogen-bond acceptors (Lipinski definition) is 4. The molecule has 1 saturated carbocycles. The van der Waals surface area contributed by atoms with E-state index < -0.39 is 10.0 Å². The highest BCUT2D eigenvalue weighted by atomic mass is 32.2. The van der Waals surface area contributed by atoms with Gasteiger partial charge in [-0.3, -0.25) is 0 Å². The van der Waals surface area contributed by atoms with E-state index in [9.17, 15) is 8.42 Å². The third-order valence-electron chi connectivity index (χ3n) is 3.45. The zero-order valence-electron chi connectivity index (χ0n) is 10.7. The minimum absolute atomic E-state index is 0.0340. The van der Waals surface area contributed by atoms with Crippen LogP contribution in [0.3, 0.4) is 0 Å².